The number of rotatable bonds is 8. The van der Waals surface area contributed by atoms with Crippen LogP contribution in [-0.2, 0) is 23.7 Å². The lowest BCUT2D eigenvalue weighted by Gasteiger charge is -2.34. The van der Waals surface area contributed by atoms with E-state index in [1.165, 1.54) is 6.92 Å². The van der Waals surface area contributed by atoms with Crippen LogP contribution < -0.4 is 0 Å². The Balaban J connectivity index is 3.48. The molecule has 0 aliphatic carbocycles. The second-order valence-corrected chi connectivity index (χ2v) is 7.28. The van der Waals surface area contributed by atoms with E-state index in [-0.39, 0.29) is 31.0 Å². The zero-order valence-electron chi connectivity index (χ0n) is 12.4. The highest BCUT2D eigenvalue weighted by atomic mass is 32.1. The molecule has 5 nitrogen and oxygen atoms in total. The van der Waals surface area contributed by atoms with Crippen molar-refractivity contribution < 1.29 is 23.5 Å². The minimum atomic E-state index is -3.96. The Morgan fingerprint density at radius 3 is 2.24 bits per heavy atom. The average Bonchev–Trinajstić information content (AvgIpc) is 2.38. The normalized spacial score (nSPS) is 14.7. The second kappa shape index (κ2) is 7.56. The number of aliphatic hydroxyl groups is 1. The molecule has 0 saturated carbocycles. The molecule has 1 atom stereocenters. The fourth-order valence-electron chi connectivity index (χ4n) is 2.09. The maximum Gasteiger partial charge on any atom is 0.366 e. The summed E-state index contributed by atoms with van der Waals surface area (Å²) < 4.78 is 23.5. The molecule has 21 heavy (non-hydrogen) atoms. The first-order valence-corrected chi connectivity index (χ1v) is 8.69. The molecule has 1 unspecified atom stereocenters. The van der Waals surface area contributed by atoms with Gasteiger partial charge in [-0.3, -0.25) is 9.36 Å². The topological polar surface area (TPSA) is 72.8 Å². The Bertz CT molecular complexity index is 538. The molecule has 1 aromatic carbocycles. The minimum Gasteiger partial charge on any atom is -0.373 e. The monoisotopic (exact) mass is 332 g/mol. The van der Waals surface area contributed by atoms with Crippen molar-refractivity contribution in [1.82, 2.24) is 0 Å². The Morgan fingerprint density at radius 2 is 1.81 bits per heavy atom. The fraction of sp³-hybridized carbons (Fsp3) is 0.500. The number of carbonyl (C=O) groups is 1. The van der Waals surface area contributed by atoms with Gasteiger partial charge in [-0.1, -0.05) is 18.2 Å². The van der Waals surface area contributed by atoms with Crippen LogP contribution in [0.25, 0.3) is 0 Å². The van der Waals surface area contributed by atoms with E-state index in [1.54, 1.807) is 38.1 Å². The molecule has 1 aromatic rings. The van der Waals surface area contributed by atoms with Crippen LogP contribution in [-0.4, -0.2) is 24.1 Å². The lowest BCUT2D eigenvalue weighted by Crippen LogP contribution is -2.31. The van der Waals surface area contributed by atoms with Crippen LogP contribution in [0.3, 0.4) is 0 Å². The Hall–Kier alpha value is -0.650. The van der Waals surface area contributed by atoms with Crippen LogP contribution in [0.5, 0.6) is 0 Å². The highest BCUT2D eigenvalue weighted by Crippen LogP contribution is 2.65. The van der Waals surface area contributed by atoms with Gasteiger partial charge in [-0.25, -0.2) is 0 Å². The van der Waals surface area contributed by atoms with E-state index in [2.05, 4.69) is 12.6 Å². The zero-order chi connectivity index (χ0) is 16.1. The smallest absolute Gasteiger partial charge is 0.366 e. The molecular weight excluding hydrogens is 311 g/mol. The van der Waals surface area contributed by atoms with Crippen LogP contribution in [0.4, 0.5) is 0 Å². The fourth-order valence-corrected chi connectivity index (χ4v) is 4.61. The van der Waals surface area contributed by atoms with Crippen LogP contribution in [0.15, 0.2) is 29.2 Å². The summed E-state index contributed by atoms with van der Waals surface area (Å²) in [6.07, 6.45) is -0.373. The van der Waals surface area contributed by atoms with Crippen molar-refractivity contribution >= 4 is 26.0 Å². The number of benzene rings is 1. The molecule has 0 aliphatic heterocycles. The Labute approximate surface area is 130 Å². The summed E-state index contributed by atoms with van der Waals surface area (Å²) in [5, 5.41) is 8.98. The summed E-state index contributed by atoms with van der Waals surface area (Å²) in [4.78, 5) is 12.0. The zero-order valence-corrected chi connectivity index (χ0v) is 14.2. The van der Waals surface area contributed by atoms with Gasteiger partial charge < -0.3 is 14.2 Å². The van der Waals surface area contributed by atoms with Crippen molar-refractivity contribution in [1.29, 1.82) is 0 Å². The molecule has 0 heterocycles. The van der Waals surface area contributed by atoms with Crippen molar-refractivity contribution in [2.45, 2.75) is 37.4 Å². The molecule has 1 N–H and O–H groups in total. The van der Waals surface area contributed by atoms with Gasteiger partial charge in [0, 0.05) is 10.5 Å². The van der Waals surface area contributed by atoms with E-state index in [0.717, 1.165) is 0 Å². The molecule has 0 saturated heterocycles. The van der Waals surface area contributed by atoms with Crippen molar-refractivity contribution in [2.24, 2.45) is 0 Å². The minimum absolute atomic E-state index is 0.0895. The molecule has 1 rings (SSSR count). The third-order valence-corrected chi connectivity index (χ3v) is 5.77. The van der Waals surface area contributed by atoms with E-state index < -0.39 is 12.9 Å². The maximum atomic E-state index is 13.0. The molecule has 118 valence electrons. The number of ketones is 1. The van der Waals surface area contributed by atoms with Gasteiger partial charge >= 0.3 is 7.60 Å². The van der Waals surface area contributed by atoms with E-state index in [4.69, 9.17) is 9.05 Å². The number of thiol groups is 1. The van der Waals surface area contributed by atoms with Crippen LogP contribution in [0, 0.1) is 0 Å². The summed E-state index contributed by atoms with van der Waals surface area (Å²) in [5.74, 6) is -0.325. The highest BCUT2D eigenvalue weighted by Gasteiger charge is 2.52. The average molecular weight is 332 g/mol. The van der Waals surface area contributed by atoms with Gasteiger partial charge in [-0.15, -0.1) is 12.6 Å². The van der Waals surface area contributed by atoms with Gasteiger partial charge in [0.25, 0.3) is 0 Å². The van der Waals surface area contributed by atoms with Gasteiger partial charge in [0.05, 0.1) is 19.6 Å². The highest BCUT2D eigenvalue weighted by molar-refractivity contribution is 7.80. The number of carbonyl (C=O) groups excluding carboxylic acids is 1. The van der Waals surface area contributed by atoms with E-state index in [9.17, 15) is 14.5 Å². The van der Waals surface area contributed by atoms with Gasteiger partial charge in [0.15, 0.2) is 5.34 Å². The Kier molecular flexibility index (Phi) is 6.63. The first-order chi connectivity index (χ1) is 9.80. The summed E-state index contributed by atoms with van der Waals surface area (Å²) in [6.45, 7) is 4.78. The Morgan fingerprint density at radius 1 is 1.29 bits per heavy atom. The van der Waals surface area contributed by atoms with Crippen molar-refractivity contribution in [2.75, 3.05) is 13.2 Å². The molecule has 7 heteroatoms. The van der Waals surface area contributed by atoms with Crippen LogP contribution >= 0.6 is 20.2 Å². The summed E-state index contributed by atoms with van der Waals surface area (Å²) in [6, 6.07) is 6.61. The molecule has 0 aliphatic rings. The van der Waals surface area contributed by atoms with E-state index in [1.807, 2.05) is 0 Å². The predicted molar refractivity (Wildman–Crippen MR) is 83.7 cm³/mol. The second-order valence-electron chi connectivity index (χ2n) is 4.55. The standard InChI is InChI=1S/C14H21O5PS/c1-4-18-20(17,19-5-2)14(16,10-11(3)15)12-8-6-7-9-13(12)21/h6-9,16,21H,4-5,10H2,1-3H3. The number of hydrogen-bond donors (Lipinski definition) is 2. The third kappa shape index (κ3) is 3.96. The van der Waals surface area contributed by atoms with Crippen LogP contribution in [0.2, 0.25) is 0 Å². The van der Waals surface area contributed by atoms with Crippen molar-refractivity contribution in [3.63, 3.8) is 0 Å². The lowest BCUT2D eigenvalue weighted by atomic mass is 10.0. The first kappa shape index (κ1) is 18.4. The maximum absolute atomic E-state index is 13.0. The third-order valence-electron chi connectivity index (χ3n) is 2.88. The largest absolute Gasteiger partial charge is 0.373 e. The van der Waals surface area contributed by atoms with Gasteiger partial charge in [-0.05, 0) is 26.8 Å². The molecular formula is C14H21O5PS. The SMILES string of the molecule is CCOP(=O)(OCC)C(O)(CC(C)=O)c1ccccc1S. The lowest BCUT2D eigenvalue weighted by molar-refractivity contribution is -0.120. The quantitative estimate of drug-likeness (QED) is 0.564. The number of Topliss-reactive ketones (excluding diaryl/α,β-unsaturated/α-hetero) is 1. The first-order valence-electron chi connectivity index (χ1n) is 6.70. The molecule has 0 fully saturated rings. The van der Waals surface area contributed by atoms with Gasteiger partial charge in [0.1, 0.15) is 5.78 Å². The summed E-state index contributed by atoms with van der Waals surface area (Å²) >= 11 is 4.28. The predicted octanol–water partition coefficient (Wildman–Crippen LogP) is 3.37. The molecule has 0 aromatic heterocycles. The molecule has 0 radical (unpaired) electrons. The summed E-state index contributed by atoms with van der Waals surface area (Å²) in [7, 11) is -3.96. The number of hydrogen-bond acceptors (Lipinski definition) is 6. The molecule has 0 bridgehead atoms. The van der Waals surface area contributed by atoms with Gasteiger partial charge in [0.2, 0.25) is 0 Å². The van der Waals surface area contributed by atoms with E-state index >= 15 is 0 Å². The van der Waals surface area contributed by atoms with Crippen molar-refractivity contribution in [3.8, 4) is 0 Å². The summed E-state index contributed by atoms with van der Waals surface area (Å²) in [5.41, 5.74) is 0.258. The molecule has 0 amide bonds. The van der Waals surface area contributed by atoms with Crippen LogP contribution in [0.1, 0.15) is 32.8 Å². The van der Waals surface area contributed by atoms with Gasteiger partial charge in [-0.2, -0.15) is 0 Å². The van der Waals surface area contributed by atoms with Crippen molar-refractivity contribution in [3.05, 3.63) is 29.8 Å². The van der Waals surface area contributed by atoms with E-state index in [0.29, 0.717) is 4.90 Å². The molecule has 0 spiro atoms.